The fourth-order valence-electron chi connectivity index (χ4n) is 5.25. The van der Waals surface area contributed by atoms with Gasteiger partial charge in [0.25, 0.3) is 11.9 Å². The number of carbonyl (C=O) groups is 1. The van der Waals surface area contributed by atoms with Gasteiger partial charge in [0.05, 0.1) is 5.92 Å². The van der Waals surface area contributed by atoms with Gasteiger partial charge >= 0.3 is 0 Å². The molecule has 1 saturated heterocycles. The van der Waals surface area contributed by atoms with Crippen LogP contribution < -0.4 is 10.1 Å². The van der Waals surface area contributed by atoms with E-state index in [0.29, 0.717) is 34.1 Å². The third-order valence-corrected chi connectivity index (χ3v) is 7.07. The van der Waals surface area contributed by atoms with Crippen LogP contribution in [0, 0.1) is 10.1 Å². The summed E-state index contributed by atoms with van der Waals surface area (Å²) in [6, 6.07) is 20.7. The van der Waals surface area contributed by atoms with Gasteiger partial charge in [0.2, 0.25) is 0 Å². The molecule has 2 heterocycles. The summed E-state index contributed by atoms with van der Waals surface area (Å²) in [6.45, 7) is 0.566. The maximum Gasteiger partial charge on any atom is 0.256 e. The van der Waals surface area contributed by atoms with Crippen molar-refractivity contribution in [2.45, 2.75) is 24.1 Å². The summed E-state index contributed by atoms with van der Waals surface area (Å²) in [4.78, 5) is 27.3. The van der Waals surface area contributed by atoms with E-state index < -0.39 is 17.5 Å². The number of halogens is 1. The van der Waals surface area contributed by atoms with Crippen molar-refractivity contribution in [3.05, 3.63) is 105 Å². The molecule has 5 rings (SSSR count). The first-order chi connectivity index (χ1) is 15.9. The molecule has 0 aliphatic carbocycles. The second kappa shape index (κ2) is 8.17. The summed E-state index contributed by atoms with van der Waals surface area (Å²) in [6.07, 6.45) is 0. The highest BCUT2D eigenvalue weighted by atomic mass is 35.5. The zero-order chi connectivity index (χ0) is 23.2. The highest BCUT2D eigenvalue weighted by Gasteiger charge is 2.68. The Bertz CT molecular complexity index is 1250. The number of amides is 1. The van der Waals surface area contributed by atoms with E-state index in [1.807, 2.05) is 42.5 Å². The van der Waals surface area contributed by atoms with Crippen molar-refractivity contribution >= 4 is 23.2 Å². The van der Waals surface area contributed by atoms with Crippen molar-refractivity contribution in [2.75, 3.05) is 18.9 Å². The number of hydrogen-bond donors (Lipinski definition) is 1. The van der Waals surface area contributed by atoms with Crippen LogP contribution in [0.25, 0.3) is 0 Å². The van der Waals surface area contributed by atoms with Crippen LogP contribution in [0.1, 0.15) is 22.6 Å². The Labute approximate surface area is 196 Å². The topological polar surface area (TPSA) is 84.7 Å². The van der Waals surface area contributed by atoms with E-state index in [1.165, 1.54) is 0 Å². The third kappa shape index (κ3) is 3.27. The van der Waals surface area contributed by atoms with Gasteiger partial charge in [0.1, 0.15) is 12.4 Å². The first-order valence-electron chi connectivity index (χ1n) is 10.7. The zero-order valence-corrected chi connectivity index (χ0v) is 18.7. The lowest BCUT2D eigenvalue weighted by Crippen LogP contribution is -2.54. The average Bonchev–Trinajstić information content (AvgIpc) is 3.28. The van der Waals surface area contributed by atoms with Crippen molar-refractivity contribution in [3.8, 4) is 5.75 Å². The van der Waals surface area contributed by atoms with Crippen molar-refractivity contribution in [1.82, 2.24) is 4.90 Å². The number of likely N-dealkylation sites (tertiary alicyclic amines) is 1. The number of fused-ring (bicyclic) bond motifs is 2. The monoisotopic (exact) mass is 463 g/mol. The van der Waals surface area contributed by atoms with Crippen LogP contribution in [-0.4, -0.2) is 35.4 Å². The van der Waals surface area contributed by atoms with Gasteiger partial charge in [-0.1, -0.05) is 66.2 Å². The highest BCUT2D eigenvalue weighted by molar-refractivity contribution is 6.31. The van der Waals surface area contributed by atoms with Crippen LogP contribution in [0.15, 0.2) is 72.8 Å². The van der Waals surface area contributed by atoms with Crippen molar-refractivity contribution in [1.29, 1.82) is 0 Å². The number of ether oxygens (including phenoxy) is 1. The minimum absolute atomic E-state index is 0.233. The zero-order valence-electron chi connectivity index (χ0n) is 17.9. The van der Waals surface area contributed by atoms with E-state index in [4.69, 9.17) is 16.3 Å². The van der Waals surface area contributed by atoms with Gasteiger partial charge < -0.3 is 10.1 Å². The molecule has 0 unspecified atom stereocenters. The molecule has 3 aromatic carbocycles. The predicted molar refractivity (Wildman–Crippen MR) is 125 cm³/mol. The van der Waals surface area contributed by atoms with Gasteiger partial charge in [-0.05, 0) is 25.2 Å². The molecule has 2 aliphatic heterocycles. The molecule has 3 atom stereocenters. The lowest BCUT2D eigenvalue weighted by Gasteiger charge is -2.30. The summed E-state index contributed by atoms with van der Waals surface area (Å²) in [5.41, 5.74) is 1.39. The van der Waals surface area contributed by atoms with Gasteiger partial charge in [0, 0.05) is 38.9 Å². The van der Waals surface area contributed by atoms with Crippen LogP contribution in [0.2, 0.25) is 5.02 Å². The van der Waals surface area contributed by atoms with E-state index in [-0.39, 0.29) is 17.4 Å². The van der Waals surface area contributed by atoms with Crippen molar-refractivity contribution in [2.24, 2.45) is 0 Å². The normalized spacial score (nSPS) is 24.0. The number of para-hydroxylation sites is 2. The molecule has 0 bridgehead atoms. The second-order valence-corrected chi connectivity index (χ2v) is 8.81. The van der Waals surface area contributed by atoms with Crippen molar-refractivity contribution in [3.63, 3.8) is 0 Å². The molecule has 1 fully saturated rings. The molecule has 1 N–H and O–H groups in total. The van der Waals surface area contributed by atoms with Gasteiger partial charge in [-0.15, -0.1) is 0 Å². The van der Waals surface area contributed by atoms with Crippen LogP contribution in [0.4, 0.5) is 5.69 Å². The van der Waals surface area contributed by atoms with Gasteiger partial charge in [-0.2, -0.15) is 0 Å². The molecule has 7 nitrogen and oxygen atoms in total. The van der Waals surface area contributed by atoms with E-state index >= 15 is 0 Å². The van der Waals surface area contributed by atoms with E-state index in [1.54, 1.807) is 42.3 Å². The SMILES string of the molecule is CN1C[C@H](c2ccccc2OCc2ccccc2Cl)[C@@H]([N+](=O)[O-])[C@]12C(=O)Nc1ccccc12. The Morgan fingerprint density at radius 2 is 1.82 bits per heavy atom. The Hall–Kier alpha value is -3.42. The number of benzene rings is 3. The molecule has 0 aromatic heterocycles. The van der Waals surface area contributed by atoms with Crippen LogP contribution in [0.3, 0.4) is 0 Å². The van der Waals surface area contributed by atoms with E-state index in [0.717, 1.165) is 5.56 Å². The first-order valence-corrected chi connectivity index (χ1v) is 11.0. The molecule has 8 heteroatoms. The average molecular weight is 464 g/mol. The number of nitrogens with one attached hydrogen (secondary N) is 1. The van der Waals surface area contributed by atoms with E-state index in [2.05, 4.69) is 5.32 Å². The minimum atomic E-state index is -1.39. The van der Waals surface area contributed by atoms with Crippen LogP contribution >= 0.6 is 11.6 Å². The largest absolute Gasteiger partial charge is 0.489 e. The Balaban J connectivity index is 1.55. The maximum atomic E-state index is 13.3. The molecule has 0 saturated carbocycles. The molecule has 3 aromatic rings. The number of nitro groups is 1. The van der Waals surface area contributed by atoms with Gasteiger partial charge in [-0.25, -0.2) is 0 Å². The predicted octanol–water partition coefficient (Wildman–Crippen LogP) is 4.44. The minimum Gasteiger partial charge on any atom is -0.489 e. The number of nitrogens with zero attached hydrogens (tertiary/aromatic N) is 2. The van der Waals surface area contributed by atoms with Crippen LogP contribution in [-0.2, 0) is 16.9 Å². The summed E-state index contributed by atoms with van der Waals surface area (Å²) in [5.74, 6) is -0.374. The quantitative estimate of drug-likeness (QED) is 0.446. The van der Waals surface area contributed by atoms with Crippen LogP contribution in [0.5, 0.6) is 5.75 Å². The molecule has 33 heavy (non-hydrogen) atoms. The van der Waals surface area contributed by atoms with E-state index in [9.17, 15) is 14.9 Å². The summed E-state index contributed by atoms with van der Waals surface area (Å²) in [5, 5.41) is 16.0. The number of anilines is 1. The number of hydrogen-bond acceptors (Lipinski definition) is 5. The Morgan fingerprint density at radius 3 is 2.61 bits per heavy atom. The standard InChI is InChI=1S/C25H22ClN3O4/c1-28-14-18(17-9-3-7-13-22(17)33-15-16-8-2-5-11-20(16)26)23(29(31)32)25(28)19-10-4-6-12-21(19)27-24(25)30/h2-13,18,23H,14-15H2,1H3,(H,27,30)/t18-,23-,25-/m1/s1. The molecule has 0 radical (unpaired) electrons. The fourth-order valence-corrected chi connectivity index (χ4v) is 5.44. The lowest BCUT2D eigenvalue weighted by molar-refractivity contribution is -0.534. The summed E-state index contributed by atoms with van der Waals surface area (Å²) >= 11 is 6.27. The van der Waals surface area contributed by atoms with Crippen molar-refractivity contribution < 1.29 is 14.5 Å². The first kappa shape index (κ1) is 21.4. The Kier molecular flexibility index (Phi) is 5.31. The molecule has 2 aliphatic rings. The molecular weight excluding hydrogens is 442 g/mol. The highest BCUT2D eigenvalue weighted by Crippen LogP contribution is 2.52. The Morgan fingerprint density at radius 1 is 1.12 bits per heavy atom. The molecule has 168 valence electrons. The van der Waals surface area contributed by atoms with Gasteiger partial charge in [-0.3, -0.25) is 19.8 Å². The third-order valence-electron chi connectivity index (χ3n) is 6.70. The second-order valence-electron chi connectivity index (χ2n) is 8.40. The lowest BCUT2D eigenvalue weighted by atomic mass is 9.79. The molecule has 1 amide bonds. The van der Waals surface area contributed by atoms with Gasteiger partial charge in [0.15, 0.2) is 5.54 Å². The number of rotatable bonds is 5. The number of likely N-dealkylation sites (N-methyl/N-ethyl adjacent to an activating group) is 1. The fraction of sp³-hybridized carbons (Fsp3) is 0.240. The maximum absolute atomic E-state index is 13.3. The molecule has 1 spiro atoms. The molecular formula is C25H22ClN3O4. The summed E-state index contributed by atoms with van der Waals surface area (Å²) < 4.78 is 6.10. The smallest absolute Gasteiger partial charge is 0.256 e. The number of carbonyl (C=O) groups excluding carboxylic acids is 1. The summed E-state index contributed by atoms with van der Waals surface area (Å²) in [7, 11) is 1.77.